The molecule has 0 amide bonds. The van der Waals surface area contributed by atoms with E-state index in [0.717, 1.165) is 25.9 Å². The van der Waals surface area contributed by atoms with E-state index in [1.54, 1.807) is 0 Å². The summed E-state index contributed by atoms with van der Waals surface area (Å²) < 4.78 is 0. The van der Waals surface area contributed by atoms with Gasteiger partial charge < -0.3 is 10.4 Å². The second-order valence-corrected chi connectivity index (χ2v) is 4.88. The van der Waals surface area contributed by atoms with Crippen molar-refractivity contribution in [3.05, 3.63) is 0 Å². The lowest BCUT2D eigenvalue weighted by molar-refractivity contribution is 0.0810. The van der Waals surface area contributed by atoms with E-state index in [-0.39, 0.29) is 17.9 Å². The molecular formula is C12H22N2O. The van der Waals surface area contributed by atoms with Crippen molar-refractivity contribution in [2.24, 2.45) is 11.3 Å². The fraction of sp³-hybridized carbons (Fsp3) is 0.917. The van der Waals surface area contributed by atoms with Gasteiger partial charge in [-0.25, -0.2) is 0 Å². The van der Waals surface area contributed by atoms with Crippen LogP contribution in [0, 0.1) is 22.7 Å². The quantitative estimate of drug-likeness (QED) is 0.726. The van der Waals surface area contributed by atoms with Gasteiger partial charge in [0.1, 0.15) is 0 Å². The highest BCUT2D eigenvalue weighted by atomic mass is 16.3. The molecule has 0 bridgehead atoms. The summed E-state index contributed by atoms with van der Waals surface area (Å²) in [4.78, 5) is 0. The zero-order valence-corrected chi connectivity index (χ0v) is 9.63. The number of aliphatic hydroxyl groups is 1. The van der Waals surface area contributed by atoms with Crippen LogP contribution in [0.2, 0.25) is 0 Å². The Morgan fingerprint density at radius 2 is 2.07 bits per heavy atom. The van der Waals surface area contributed by atoms with Crippen LogP contribution in [0.1, 0.15) is 39.0 Å². The molecule has 0 aromatic heterocycles. The van der Waals surface area contributed by atoms with E-state index in [0.29, 0.717) is 0 Å². The van der Waals surface area contributed by atoms with Crippen molar-refractivity contribution >= 4 is 0 Å². The maximum absolute atomic E-state index is 9.46. The van der Waals surface area contributed by atoms with Crippen LogP contribution in [-0.4, -0.2) is 24.8 Å². The molecule has 0 saturated heterocycles. The molecule has 0 heterocycles. The second-order valence-electron chi connectivity index (χ2n) is 4.88. The molecule has 1 aliphatic rings. The summed E-state index contributed by atoms with van der Waals surface area (Å²) in [6.07, 6.45) is 6.01. The molecule has 1 fully saturated rings. The van der Waals surface area contributed by atoms with Crippen LogP contribution >= 0.6 is 0 Å². The van der Waals surface area contributed by atoms with Gasteiger partial charge in [-0.15, -0.1) is 0 Å². The number of aliphatic hydroxyl groups excluding tert-OH is 1. The molecule has 0 aromatic rings. The fourth-order valence-corrected chi connectivity index (χ4v) is 2.29. The highest BCUT2D eigenvalue weighted by molar-refractivity contribution is 4.86. The predicted octanol–water partition coefficient (Wildman–Crippen LogP) is 1.68. The monoisotopic (exact) mass is 210 g/mol. The summed E-state index contributed by atoms with van der Waals surface area (Å²) >= 11 is 0. The van der Waals surface area contributed by atoms with Gasteiger partial charge in [-0.1, -0.05) is 19.3 Å². The summed E-state index contributed by atoms with van der Waals surface area (Å²) in [6.45, 7) is 3.79. The Balaban J connectivity index is 2.30. The van der Waals surface area contributed by atoms with Crippen LogP contribution in [-0.2, 0) is 0 Å². The Hall–Kier alpha value is -0.590. The fourth-order valence-electron chi connectivity index (χ4n) is 2.29. The number of hydrogen-bond acceptors (Lipinski definition) is 3. The maximum Gasteiger partial charge on any atom is 0.0666 e. The topological polar surface area (TPSA) is 56.0 Å². The zero-order valence-electron chi connectivity index (χ0n) is 9.63. The molecule has 1 unspecified atom stereocenters. The maximum atomic E-state index is 9.46. The van der Waals surface area contributed by atoms with Crippen molar-refractivity contribution in [3.8, 4) is 6.07 Å². The van der Waals surface area contributed by atoms with Gasteiger partial charge in [-0.05, 0) is 19.8 Å². The van der Waals surface area contributed by atoms with Crippen LogP contribution in [0.15, 0.2) is 0 Å². The molecule has 86 valence electrons. The van der Waals surface area contributed by atoms with Crippen molar-refractivity contribution in [2.75, 3.05) is 19.7 Å². The normalized spacial score (nSPS) is 21.9. The van der Waals surface area contributed by atoms with Crippen LogP contribution in [0.5, 0.6) is 0 Å². The van der Waals surface area contributed by atoms with E-state index >= 15 is 0 Å². The van der Waals surface area contributed by atoms with Crippen molar-refractivity contribution < 1.29 is 5.11 Å². The molecule has 15 heavy (non-hydrogen) atoms. The Labute approximate surface area is 92.5 Å². The molecule has 0 radical (unpaired) electrons. The lowest BCUT2D eigenvalue weighted by Gasteiger charge is -2.36. The minimum atomic E-state index is 0.0596. The number of hydrogen-bond donors (Lipinski definition) is 2. The smallest absolute Gasteiger partial charge is 0.0666 e. The number of nitrogens with zero attached hydrogens (tertiary/aromatic N) is 1. The Morgan fingerprint density at radius 1 is 1.40 bits per heavy atom. The van der Waals surface area contributed by atoms with Gasteiger partial charge in [0.15, 0.2) is 0 Å². The van der Waals surface area contributed by atoms with Gasteiger partial charge in [0.2, 0.25) is 0 Å². The molecule has 0 spiro atoms. The van der Waals surface area contributed by atoms with Gasteiger partial charge in [-0.2, -0.15) is 5.26 Å². The molecule has 3 nitrogen and oxygen atoms in total. The standard InChI is InChI=1S/C12H22N2O/c1-11(7-13)8-14-9-12(10-15)5-3-2-4-6-12/h11,14-15H,2-6,8-10H2,1H3. The van der Waals surface area contributed by atoms with E-state index in [4.69, 9.17) is 5.26 Å². The first kappa shape index (κ1) is 12.5. The molecule has 1 aliphatic carbocycles. The molecule has 2 N–H and O–H groups in total. The number of nitrogens with one attached hydrogen (secondary N) is 1. The van der Waals surface area contributed by atoms with Crippen molar-refractivity contribution in [3.63, 3.8) is 0 Å². The van der Waals surface area contributed by atoms with Gasteiger partial charge in [0.05, 0.1) is 12.0 Å². The minimum Gasteiger partial charge on any atom is -0.396 e. The molecule has 0 aliphatic heterocycles. The molecule has 1 rings (SSSR count). The van der Waals surface area contributed by atoms with Gasteiger partial charge in [-0.3, -0.25) is 0 Å². The number of rotatable bonds is 5. The minimum absolute atomic E-state index is 0.0596. The average Bonchev–Trinajstić information content (AvgIpc) is 2.30. The Morgan fingerprint density at radius 3 is 2.60 bits per heavy atom. The zero-order chi connectivity index (χ0) is 11.1. The highest BCUT2D eigenvalue weighted by Gasteiger charge is 2.30. The van der Waals surface area contributed by atoms with E-state index in [2.05, 4.69) is 11.4 Å². The SMILES string of the molecule is CC(C#N)CNCC1(CO)CCCCC1. The number of nitriles is 1. The third kappa shape index (κ3) is 3.81. The molecule has 0 aromatic carbocycles. The third-order valence-electron chi connectivity index (χ3n) is 3.42. The lowest BCUT2D eigenvalue weighted by Crippen LogP contribution is -2.40. The molecule has 1 atom stereocenters. The summed E-state index contributed by atoms with van der Waals surface area (Å²) in [6, 6.07) is 2.21. The lowest BCUT2D eigenvalue weighted by atomic mass is 9.74. The van der Waals surface area contributed by atoms with Crippen molar-refractivity contribution in [1.82, 2.24) is 5.32 Å². The second kappa shape index (κ2) is 6.09. The van der Waals surface area contributed by atoms with E-state index in [1.165, 1.54) is 19.3 Å². The van der Waals surface area contributed by atoms with Crippen molar-refractivity contribution in [2.45, 2.75) is 39.0 Å². The molecule has 3 heteroatoms. The predicted molar refractivity (Wildman–Crippen MR) is 60.3 cm³/mol. The first-order chi connectivity index (χ1) is 7.22. The van der Waals surface area contributed by atoms with Gasteiger partial charge in [0, 0.05) is 25.1 Å². The van der Waals surface area contributed by atoms with E-state index < -0.39 is 0 Å². The third-order valence-corrected chi connectivity index (χ3v) is 3.42. The largest absolute Gasteiger partial charge is 0.396 e. The van der Waals surface area contributed by atoms with Crippen LogP contribution in [0.25, 0.3) is 0 Å². The first-order valence-corrected chi connectivity index (χ1v) is 5.94. The van der Waals surface area contributed by atoms with Crippen molar-refractivity contribution in [1.29, 1.82) is 5.26 Å². The Kier molecular flexibility index (Phi) is 5.07. The summed E-state index contributed by atoms with van der Waals surface area (Å²) in [5.41, 5.74) is 0.0907. The molecule has 1 saturated carbocycles. The Bertz CT molecular complexity index is 216. The highest BCUT2D eigenvalue weighted by Crippen LogP contribution is 2.35. The first-order valence-electron chi connectivity index (χ1n) is 5.94. The van der Waals surface area contributed by atoms with E-state index in [9.17, 15) is 5.11 Å². The van der Waals surface area contributed by atoms with Gasteiger partial charge >= 0.3 is 0 Å². The summed E-state index contributed by atoms with van der Waals surface area (Å²) in [7, 11) is 0. The van der Waals surface area contributed by atoms with Crippen LogP contribution in [0.3, 0.4) is 0 Å². The summed E-state index contributed by atoms with van der Waals surface area (Å²) in [5, 5.41) is 21.4. The van der Waals surface area contributed by atoms with E-state index in [1.807, 2.05) is 6.92 Å². The van der Waals surface area contributed by atoms with Gasteiger partial charge in [0.25, 0.3) is 0 Å². The average molecular weight is 210 g/mol. The molecular weight excluding hydrogens is 188 g/mol. The summed E-state index contributed by atoms with van der Waals surface area (Å²) in [5.74, 6) is 0.0596. The van der Waals surface area contributed by atoms with Crippen LogP contribution in [0.4, 0.5) is 0 Å². The van der Waals surface area contributed by atoms with Crippen LogP contribution < -0.4 is 5.32 Å².